The second-order valence-electron chi connectivity index (χ2n) is 3.56. The van der Waals surface area contributed by atoms with Gasteiger partial charge >= 0.3 is 0 Å². The maximum atomic E-state index is 5.94. The van der Waals surface area contributed by atoms with E-state index in [-0.39, 0.29) is 0 Å². The lowest BCUT2D eigenvalue weighted by Gasteiger charge is -2.12. The zero-order valence-electron chi connectivity index (χ0n) is 7.70. The molecule has 0 bridgehead atoms. The van der Waals surface area contributed by atoms with Crippen molar-refractivity contribution in [3.63, 3.8) is 0 Å². The van der Waals surface area contributed by atoms with E-state index in [0.29, 0.717) is 17.4 Å². The zero-order chi connectivity index (χ0) is 9.26. The van der Waals surface area contributed by atoms with Crippen LogP contribution in [0.2, 0.25) is 5.28 Å². The molecule has 1 fully saturated rings. The number of nitrogens with zero attached hydrogens (tertiary/aromatic N) is 2. The van der Waals surface area contributed by atoms with Crippen molar-refractivity contribution in [1.29, 1.82) is 0 Å². The fourth-order valence-corrected chi connectivity index (χ4v) is 2.29. The van der Waals surface area contributed by atoms with Crippen molar-refractivity contribution in [3.05, 3.63) is 17.7 Å². The molecule has 1 heterocycles. The molecule has 2 atom stereocenters. The quantitative estimate of drug-likeness (QED) is 0.788. The molecule has 1 N–H and O–H groups in total. The smallest absolute Gasteiger partial charge is 0.202 e. The summed E-state index contributed by atoms with van der Waals surface area (Å²) in [5.74, 6) is 0. The first kappa shape index (κ1) is 9.03. The summed E-state index contributed by atoms with van der Waals surface area (Å²) in [6.45, 7) is 0. The standard InChI is InChI=1S/C9H14ClN3/c1-11-7-2-3-8(6-7)13-5-4-12-9(13)10/h4-5,7-8,11H,2-3,6H2,1H3. The van der Waals surface area contributed by atoms with Crippen LogP contribution < -0.4 is 5.32 Å². The third-order valence-corrected chi connectivity index (χ3v) is 3.12. The van der Waals surface area contributed by atoms with Gasteiger partial charge in [0.15, 0.2) is 0 Å². The van der Waals surface area contributed by atoms with Gasteiger partial charge in [-0.25, -0.2) is 4.98 Å². The molecule has 1 aromatic heterocycles. The predicted octanol–water partition coefficient (Wildman–Crippen LogP) is 1.85. The van der Waals surface area contributed by atoms with Crippen molar-refractivity contribution >= 4 is 11.6 Å². The van der Waals surface area contributed by atoms with Crippen LogP contribution in [0.3, 0.4) is 0 Å². The van der Waals surface area contributed by atoms with Crippen LogP contribution in [0.15, 0.2) is 12.4 Å². The average molecular weight is 200 g/mol. The summed E-state index contributed by atoms with van der Waals surface area (Å²) < 4.78 is 2.07. The fourth-order valence-electron chi connectivity index (χ4n) is 2.04. The van der Waals surface area contributed by atoms with Crippen molar-refractivity contribution in [2.45, 2.75) is 31.3 Å². The molecule has 13 heavy (non-hydrogen) atoms. The first-order valence-corrected chi connectivity index (χ1v) is 5.04. The van der Waals surface area contributed by atoms with Gasteiger partial charge in [0.25, 0.3) is 0 Å². The van der Waals surface area contributed by atoms with Gasteiger partial charge in [0, 0.05) is 24.5 Å². The molecule has 2 rings (SSSR count). The summed E-state index contributed by atoms with van der Waals surface area (Å²) in [6.07, 6.45) is 7.31. The van der Waals surface area contributed by atoms with Crippen molar-refractivity contribution in [2.24, 2.45) is 0 Å². The van der Waals surface area contributed by atoms with E-state index in [2.05, 4.69) is 14.9 Å². The van der Waals surface area contributed by atoms with Gasteiger partial charge in [-0.2, -0.15) is 0 Å². The maximum absolute atomic E-state index is 5.94. The van der Waals surface area contributed by atoms with Gasteiger partial charge in [-0.1, -0.05) is 0 Å². The van der Waals surface area contributed by atoms with E-state index in [1.807, 2.05) is 13.2 Å². The monoisotopic (exact) mass is 199 g/mol. The zero-order valence-corrected chi connectivity index (χ0v) is 8.46. The number of hydrogen-bond donors (Lipinski definition) is 1. The Morgan fingerprint density at radius 2 is 2.46 bits per heavy atom. The highest BCUT2D eigenvalue weighted by molar-refractivity contribution is 6.28. The highest BCUT2D eigenvalue weighted by Gasteiger charge is 2.25. The van der Waals surface area contributed by atoms with Crippen LogP contribution >= 0.6 is 11.6 Å². The average Bonchev–Trinajstić information content (AvgIpc) is 2.71. The molecule has 1 saturated carbocycles. The molecule has 0 aliphatic heterocycles. The topological polar surface area (TPSA) is 29.9 Å². The van der Waals surface area contributed by atoms with E-state index < -0.39 is 0 Å². The minimum atomic E-state index is 0.535. The lowest BCUT2D eigenvalue weighted by Crippen LogP contribution is -2.21. The van der Waals surface area contributed by atoms with Crippen molar-refractivity contribution in [2.75, 3.05) is 7.05 Å². The normalized spacial score (nSPS) is 28.2. The molecule has 0 amide bonds. The Balaban J connectivity index is 2.08. The van der Waals surface area contributed by atoms with Gasteiger partial charge in [0.05, 0.1) is 0 Å². The van der Waals surface area contributed by atoms with Crippen LogP contribution in [0.5, 0.6) is 0 Å². The van der Waals surface area contributed by atoms with Gasteiger partial charge in [-0.05, 0) is 37.9 Å². The third-order valence-electron chi connectivity index (χ3n) is 2.83. The number of imidazole rings is 1. The van der Waals surface area contributed by atoms with E-state index in [9.17, 15) is 0 Å². The Morgan fingerprint density at radius 1 is 1.62 bits per heavy atom. The largest absolute Gasteiger partial charge is 0.319 e. The SMILES string of the molecule is CNC1CCC(n2ccnc2Cl)C1. The molecular formula is C9H14ClN3. The summed E-state index contributed by atoms with van der Waals surface area (Å²) >= 11 is 5.94. The highest BCUT2D eigenvalue weighted by atomic mass is 35.5. The van der Waals surface area contributed by atoms with Crippen LogP contribution in [0, 0.1) is 0 Å². The van der Waals surface area contributed by atoms with E-state index in [4.69, 9.17) is 11.6 Å². The summed E-state index contributed by atoms with van der Waals surface area (Å²) in [7, 11) is 2.02. The molecule has 0 radical (unpaired) electrons. The number of hydrogen-bond acceptors (Lipinski definition) is 2. The van der Waals surface area contributed by atoms with E-state index in [0.717, 1.165) is 6.42 Å². The summed E-state index contributed by atoms with van der Waals surface area (Å²) in [6, 6.07) is 1.18. The molecule has 3 nitrogen and oxygen atoms in total. The third kappa shape index (κ3) is 1.71. The molecule has 1 aromatic rings. The van der Waals surface area contributed by atoms with Crippen LogP contribution in [0.25, 0.3) is 0 Å². The maximum Gasteiger partial charge on any atom is 0.202 e. The van der Waals surface area contributed by atoms with Gasteiger partial charge in [0.1, 0.15) is 0 Å². The Morgan fingerprint density at radius 3 is 3.00 bits per heavy atom. The van der Waals surface area contributed by atoms with Crippen molar-refractivity contribution in [3.8, 4) is 0 Å². The number of rotatable bonds is 2. The molecule has 2 unspecified atom stereocenters. The highest BCUT2D eigenvalue weighted by Crippen LogP contribution is 2.31. The van der Waals surface area contributed by atoms with E-state index >= 15 is 0 Å². The number of aromatic nitrogens is 2. The lowest BCUT2D eigenvalue weighted by molar-refractivity contribution is 0.493. The van der Waals surface area contributed by atoms with E-state index in [1.165, 1.54) is 12.8 Å². The summed E-state index contributed by atoms with van der Waals surface area (Å²) in [4.78, 5) is 4.02. The summed E-state index contributed by atoms with van der Waals surface area (Å²) in [5, 5.41) is 3.91. The first-order chi connectivity index (χ1) is 6.31. The molecular weight excluding hydrogens is 186 g/mol. The van der Waals surface area contributed by atoms with Gasteiger partial charge in [-0.3, -0.25) is 0 Å². The molecule has 4 heteroatoms. The second-order valence-corrected chi connectivity index (χ2v) is 3.89. The van der Waals surface area contributed by atoms with Crippen molar-refractivity contribution in [1.82, 2.24) is 14.9 Å². The fraction of sp³-hybridized carbons (Fsp3) is 0.667. The molecule has 72 valence electrons. The Hall–Kier alpha value is -0.540. The lowest BCUT2D eigenvalue weighted by atomic mass is 10.2. The van der Waals surface area contributed by atoms with Gasteiger partial charge < -0.3 is 9.88 Å². The number of halogens is 1. The molecule has 0 saturated heterocycles. The molecule has 1 aliphatic carbocycles. The predicted molar refractivity (Wildman–Crippen MR) is 53.0 cm³/mol. The number of nitrogens with one attached hydrogen (secondary N) is 1. The van der Waals surface area contributed by atoms with Crippen LogP contribution in [-0.4, -0.2) is 22.6 Å². The van der Waals surface area contributed by atoms with Crippen LogP contribution in [-0.2, 0) is 0 Å². The Bertz CT molecular complexity index is 284. The minimum absolute atomic E-state index is 0.535. The van der Waals surface area contributed by atoms with Gasteiger partial charge in [0.2, 0.25) is 5.28 Å². The van der Waals surface area contributed by atoms with E-state index in [1.54, 1.807) is 6.20 Å². The molecule has 0 aromatic carbocycles. The first-order valence-electron chi connectivity index (χ1n) is 4.67. The van der Waals surface area contributed by atoms with Crippen LogP contribution in [0.4, 0.5) is 0 Å². The summed E-state index contributed by atoms with van der Waals surface area (Å²) in [5.41, 5.74) is 0. The Labute approximate surface area is 83.1 Å². The Kier molecular flexibility index (Phi) is 2.56. The minimum Gasteiger partial charge on any atom is -0.319 e. The van der Waals surface area contributed by atoms with Crippen molar-refractivity contribution < 1.29 is 0 Å². The molecule has 0 spiro atoms. The molecule has 1 aliphatic rings. The van der Waals surface area contributed by atoms with Crippen LogP contribution in [0.1, 0.15) is 25.3 Å². The second kappa shape index (κ2) is 3.68. The van der Waals surface area contributed by atoms with Gasteiger partial charge in [-0.15, -0.1) is 0 Å².